The summed E-state index contributed by atoms with van der Waals surface area (Å²) in [5.74, 6) is -4.13. The van der Waals surface area contributed by atoms with Crippen LogP contribution in [0.3, 0.4) is 0 Å². The number of benzene rings is 1. The van der Waals surface area contributed by atoms with Crippen molar-refractivity contribution in [3.05, 3.63) is 46.7 Å². The van der Waals surface area contributed by atoms with E-state index >= 15 is 0 Å². The molecule has 0 radical (unpaired) electrons. The third-order valence-electron chi connectivity index (χ3n) is 4.38. The summed E-state index contributed by atoms with van der Waals surface area (Å²) < 4.78 is 55.7. The van der Waals surface area contributed by atoms with Gasteiger partial charge in [-0.25, -0.2) is 17.2 Å². The van der Waals surface area contributed by atoms with Gasteiger partial charge in [0.15, 0.2) is 5.69 Å². The maximum Gasteiger partial charge on any atom is 0.273 e. The van der Waals surface area contributed by atoms with Gasteiger partial charge < -0.3 is 5.32 Å². The van der Waals surface area contributed by atoms with E-state index < -0.39 is 46.6 Å². The van der Waals surface area contributed by atoms with Gasteiger partial charge in [-0.2, -0.15) is 4.31 Å². The van der Waals surface area contributed by atoms with Gasteiger partial charge in [0.25, 0.3) is 11.8 Å². The number of carbonyl (C=O) groups excluding carboxylic acids is 1. The van der Waals surface area contributed by atoms with Crippen LogP contribution in [0.2, 0.25) is 5.02 Å². The van der Waals surface area contributed by atoms with E-state index in [1.807, 2.05) is 0 Å². The topological polar surface area (TPSA) is 97.2 Å². The van der Waals surface area contributed by atoms with Crippen LogP contribution >= 0.6 is 11.6 Å². The minimum absolute atomic E-state index is 0.0118. The van der Waals surface area contributed by atoms with Crippen LogP contribution in [0.15, 0.2) is 30.5 Å². The van der Waals surface area contributed by atoms with Crippen LogP contribution in [0.4, 0.5) is 8.78 Å². The van der Waals surface area contributed by atoms with Gasteiger partial charge in [-0.3, -0.25) is 9.48 Å². The highest BCUT2D eigenvalue weighted by molar-refractivity contribution is 7.88. The van der Waals surface area contributed by atoms with Gasteiger partial charge in [0, 0.05) is 18.5 Å². The Bertz CT molecular complexity index is 982. The van der Waals surface area contributed by atoms with Gasteiger partial charge in [0.1, 0.15) is 0 Å². The number of alkyl halides is 2. The van der Waals surface area contributed by atoms with Crippen molar-refractivity contribution < 1.29 is 22.0 Å². The first-order valence-corrected chi connectivity index (χ1v) is 10.3. The first-order chi connectivity index (χ1) is 13.1. The maximum atomic E-state index is 14.0. The standard InChI is InChI=1S/C16H18ClF2N5O3S/c1-20-15(25)14-8-23(22-21-14)7-12-6-16(18,19)10-24(12)28(26,27)9-11-4-2-3-5-13(11)17/h2-5,8,12H,6-7,9-10H2,1H3,(H,20,25). The molecule has 1 aromatic carbocycles. The van der Waals surface area contributed by atoms with Gasteiger partial charge in [0.05, 0.1) is 31.1 Å². The Kier molecular flexibility index (Phi) is 5.69. The molecule has 0 saturated carbocycles. The lowest BCUT2D eigenvalue weighted by atomic mass is 10.2. The van der Waals surface area contributed by atoms with E-state index in [1.165, 1.54) is 30.1 Å². The van der Waals surface area contributed by atoms with Crippen molar-refractivity contribution in [1.82, 2.24) is 24.6 Å². The molecule has 1 aliphatic heterocycles. The smallest absolute Gasteiger partial charge is 0.273 e. The first kappa shape index (κ1) is 20.6. The number of sulfonamides is 1. The minimum Gasteiger partial charge on any atom is -0.354 e. The molecule has 1 N–H and O–H groups in total. The fourth-order valence-electron chi connectivity index (χ4n) is 3.08. The maximum absolute atomic E-state index is 14.0. The average molecular weight is 434 g/mol. The average Bonchev–Trinajstić information content (AvgIpc) is 3.20. The van der Waals surface area contributed by atoms with E-state index in [9.17, 15) is 22.0 Å². The van der Waals surface area contributed by atoms with Crippen LogP contribution in [0.5, 0.6) is 0 Å². The lowest BCUT2D eigenvalue weighted by Gasteiger charge is -2.23. The third kappa shape index (κ3) is 4.47. The third-order valence-corrected chi connectivity index (χ3v) is 6.56. The molecule has 2 heterocycles. The molecule has 152 valence electrons. The Morgan fingerprint density at radius 3 is 2.79 bits per heavy atom. The number of amides is 1. The summed E-state index contributed by atoms with van der Waals surface area (Å²) in [6.07, 6.45) is 0.637. The summed E-state index contributed by atoms with van der Waals surface area (Å²) in [6, 6.07) is 5.33. The molecule has 1 aliphatic rings. The summed E-state index contributed by atoms with van der Waals surface area (Å²) in [5.41, 5.74) is 0.346. The largest absolute Gasteiger partial charge is 0.354 e. The lowest BCUT2D eigenvalue weighted by molar-refractivity contribution is 0.0168. The van der Waals surface area contributed by atoms with E-state index in [0.29, 0.717) is 5.56 Å². The Labute approximate surface area is 165 Å². The second-order valence-corrected chi connectivity index (χ2v) is 8.84. The van der Waals surface area contributed by atoms with Gasteiger partial charge in [-0.15, -0.1) is 5.10 Å². The van der Waals surface area contributed by atoms with Gasteiger partial charge in [-0.1, -0.05) is 35.0 Å². The van der Waals surface area contributed by atoms with E-state index in [0.717, 1.165) is 4.31 Å². The van der Waals surface area contributed by atoms with Crippen LogP contribution in [0, 0.1) is 0 Å². The van der Waals surface area contributed by atoms with E-state index in [2.05, 4.69) is 15.6 Å². The molecule has 8 nitrogen and oxygen atoms in total. The molecule has 2 aromatic rings. The van der Waals surface area contributed by atoms with Crippen molar-refractivity contribution in [3.63, 3.8) is 0 Å². The molecule has 1 atom stereocenters. The molecular weight excluding hydrogens is 416 g/mol. The molecule has 1 fully saturated rings. The molecule has 3 rings (SSSR count). The number of nitrogens with zero attached hydrogens (tertiary/aromatic N) is 4. The number of aromatic nitrogens is 3. The molecule has 0 aliphatic carbocycles. The fourth-order valence-corrected chi connectivity index (χ4v) is 5.15. The summed E-state index contributed by atoms with van der Waals surface area (Å²) >= 11 is 6.01. The molecule has 1 unspecified atom stereocenters. The van der Waals surface area contributed by atoms with Crippen molar-refractivity contribution in [2.45, 2.75) is 30.7 Å². The quantitative estimate of drug-likeness (QED) is 0.745. The second kappa shape index (κ2) is 7.72. The zero-order valence-corrected chi connectivity index (χ0v) is 16.4. The van der Waals surface area contributed by atoms with E-state index in [1.54, 1.807) is 12.1 Å². The Balaban J connectivity index is 1.82. The number of hydrogen-bond donors (Lipinski definition) is 1. The molecule has 1 amide bonds. The van der Waals surface area contributed by atoms with Crippen LogP contribution in [0.25, 0.3) is 0 Å². The summed E-state index contributed by atoms with van der Waals surface area (Å²) in [5, 5.41) is 10.0. The van der Waals surface area contributed by atoms with Crippen molar-refractivity contribution in [3.8, 4) is 0 Å². The zero-order valence-electron chi connectivity index (χ0n) is 14.8. The SMILES string of the molecule is CNC(=O)c1cn(CC2CC(F)(F)CN2S(=O)(=O)Cc2ccccc2Cl)nn1. The second-order valence-electron chi connectivity index (χ2n) is 6.51. The molecule has 28 heavy (non-hydrogen) atoms. The van der Waals surface area contributed by atoms with Gasteiger partial charge in [-0.05, 0) is 11.6 Å². The van der Waals surface area contributed by atoms with Gasteiger partial charge in [0.2, 0.25) is 10.0 Å². The van der Waals surface area contributed by atoms with Crippen molar-refractivity contribution in [2.75, 3.05) is 13.6 Å². The van der Waals surface area contributed by atoms with Crippen LogP contribution in [-0.2, 0) is 22.3 Å². The lowest BCUT2D eigenvalue weighted by Crippen LogP contribution is -2.39. The van der Waals surface area contributed by atoms with Crippen molar-refractivity contribution in [2.24, 2.45) is 0 Å². The fraction of sp³-hybridized carbons (Fsp3) is 0.438. The molecule has 0 spiro atoms. The number of rotatable bonds is 6. The molecule has 12 heteroatoms. The monoisotopic (exact) mass is 433 g/mol. The van der Waals surface area contributed by atoms with E-state index in [-0.39, 0.29) is 17.3 Å². The van der Waals surface area contributed by atoms with Crippen LogP contribution in [0.1, 0.15) is 22.5 Å². The molecule has 1 saturated heterocycles. The predicted octanol–water partition coefficient (Wildman–Crippen LogP) is 1.53. The van der Waals surface area contributed by atoms with Crippen molar-refractivity contribution >= 4 is 27.5 Å². The van der Waals surface area contributed by atoms with E-state index in [4.69, 9.17) is 11.6 Å². The number of nitrogens with one attached hydrogen (secondary N) is 1. The summed E-state index contributed by atoms with van der Waals surface area (Å²) in [7, 11) is -2.64. The highest BCUT2D eigenvalue weighted by Gasteiger charge is 2.49. The van der Waals surface area contributed by atoms with Crippen molar-refractivity contribution in [1.29, 1.82) is 0 Å². The van der Waals surface area contributed by atoms with Crippen LogP contribution < -0.4 is 5.32 Å². The molecule has 1 aromatic heterocycles. The Morgan fingerprint density at radius 1 is 1.39 bits per heavy atom. The summed E-state index contributed by atoms with van der Waals surface area (Å²) in [4.78, 5) is 11.6. The Hall–Kier alpha value is -2.11. The number of hydrogen-bond acceptors (Lipinski definition) is 5. The highest BCUT2D eigenvalue weighted by atomic mass is 35.5. The number of halogens is 3. The summed E-state index contributed by atoms with van der Waals surface area (Å²) in [6.45, 7) is -1.07. The zero-order chi connectivity index (χ0) is 20.5. The molecular formula is C16H18ClF2N5O3S. The predicted molar refractivity (Wildman–Crippen MR) is 97.5 cm³/mol. The minimum atomic E-state index is -4.06. The normalized spacial score (nSPS) is 19.6. The number of carbonyl (C=O) groups is 1. The molecule has 0 bridgehead atoms. The highest BCUT2D eigenvalue weighted by Crippen LogP contribution is 2.36. The first-order valence-electron chi connectivity index (χ1n) is 8.34. The Morgan fingerprint density at radius 2 is 2.11 bits per heavy atom. The van der Waals surface area contributed by atoms with Gasteiger partial charge >= 0.3 is 0 Å². The van der Waals surface area contributed by atoms with Crippen LogP contribution in [-0.4, -0.2) is 59.2 Å².